The van der Waals surface area contributed by atoms with Crippen LogP contribution in [0.5, 0.6) is 0 Å². The molecule has 2 aromatic heterocycles. The Morgan fingerprint density at radius 2 is 1.78 bits per heavy atom. The van der Waals surface area contributed by atoms with Crippen molar-refractivity contribution in [3.63, 3.8) is 0 Å². The highest BCUT2D eigenvalue weighted by Crippen LogP contribution is 2.20. The van der Waals surface area contributed by atoms with Crippen molar-refractivity contribution >= 4 is 34.9 Å². The standard InChI is InChI=1S/C23H23ClN6O2/c1-14-5-6-15(2)17(11-14)13-30-19-20(28(3)23(32)29(4)21(19)31)26-22(30)27-25-12-16-7-9-18(24)10-8-16/h5-12H,13H2,1-4H3,(H,26,27)/b25-12-. The first kappa shape index (κ1) is 21.6. The Morgan fingerprint density at radius 1 is 1.06 bits per heavy atom. The summed E-state index contributed by atoms with van der Waals surface area (Å²) in [5.74, 6) is 0.365. The molecule has 8 nitrogen and oxygen atoms in total. The van der Waals surface area contributed by atoms with E-state index in [0.717, 1.165) is 26.8 Å². The number of rotatable bonds is 5. The number of aromatic nitrogens is 4. The predicted octanol–water partition coefficient (Wildman–Crippen LogP) is 3.20. The van der Waals surface area contributed by atoms with Crippen molar-refractivity contribution in [2.75, 3.05) is 5.43 Å². The summed E-state index contributed by atoms with van der Waals surface area (Å²) in [7, 11) is 3.06. The highest BCUT2D eigenvalue weighted by molar-refractivity contribution is 6.30. The number of hydrogen-bond donors (Lipinski definition) is 1. The fourth-order valence-electron chi connectivity index (χ4n) is 3.54. The van der Waals surface area contributed by atoms with Gasteiger partial charge in [0.2, 0.25) is 5.95 Å². The van der Waals surface area contributed by atoms with E-state index in [2.05, 4.69) is 21.6 Å². The van der Waals surface area contributed by atoms with Gasteiger partial charge < -0.3 is 0 Å². The Hall–Kier alpha value is -3.65. The number of nitrogens with zero attached hydrogens (tertiary/aromatic N) is 5. The van der Waals surface area contributed by atoms with Gasteiger partial charge in [0.25, 0.3) is 5.56 Å². The molecule has 0 aliphatic rings. The minimum absolute atomic E-state index is 0.299. The highest BCUT2D eigenvalue weighted by Gasteiger charge is 2.19. The van der Waals surface area contributed by atoms with E-state index in [1.54, 1.807) is 30.0 Å². The van der Waals surface area contributed by atoms with Crippen molar-refractivity contribution in [1.82, 2.24) is 18.7 Å². The largest absolute Gasteiger partial charge is 0.332 e. The van der Waals surface area contributed by atoms with E-state index in [-0.39, 0.29) is 0 Å². The van der Waals surface area contributed by atoms with Crippen molar-refractivity contribution in [2.45, 2.75) is 20.4 Å². The number of anilines is 1. The van der Waals surface area contributed by atoms with Crippen LogP contribution >= 0.6 is 11.6 Å². The molecule has 0 aliphatic heterocycles. The van der Waals surface area contributed by atoms with E-state index in [1.165, 1.54) is 11.6 Å². The van der Waals surface area contributed by atoms with Crippen molar-refractivity contribution in [3.8, 4) is 0 Å². The quantitative estimate of drug-likeness (QED) is 0.373. The molecule has 2 heterocycles. The minimum atomic E-state index is -0.435. The topological polar surface area (TPSA) is 86.2 Å². The molecule has 0 spiro atoms. The lowest BCUT2D eigenvalue weighted by molar-refractivity contribution is 0.702. The average Bonchev–Trinajstić information content (AvgIpc) is 3.13. The number of aryl methyl sites for hydroxylation is 3. The van der Waals surface area contributed by atoms with Gasteiger partial charge in [-0.3, -0.25) is 18.5 Å². The normalized spacial score (nSPS) is 11.5. The van der Waals surface area contributed by atoms with E-state index in [4.69, 9.17) is 11.6 Å². The van der Waals surface area contributed by atoms with Crippen molar-refractivity contribution < 1.29 is 0 Å². The fourth-order valence-corrected chi connectivity index (χ4v) is 3.67. The van der Waals surface area contributed by atoms with Gasteiger partial charge in [-0.15, -0.1) is 0 Å². The van der Waals surface area contributed by atoms with Crippen LogP contribution in [0, 0.1) is 13.8 Å². The lowest BCUT2D eigenvalue weighted by Gasteiger charge is -2.12. The van der Waals surface area contributed by atoms with Gasteiger partial charge in [0.15, 0.2) is 11.2 Å². The highest BCUT2D eigenvalue weighted by atomic mass is 35.5. The SMILES string of the molecule is Cc1ccc(C)c(Cn2c(N/N=C\c3ccc(Cl)cc3)nc3c2c(=O)n(C)c(=O)n3C)c1. The summed E-state index contributed by atoms with van der Waals surface area (Å²) >= 11 is 5.93. The Labute approximate surface area is 189 Å². The van der Waals surface area contributed by atoms with Gasteiger partial charge in [-0.1, -0.05) is 47.5 Å². The first-order valence-corrected chi connectivity index (χ1v) is 10.4. The molecule has 0 aliphatic carbocycles. The Kier molecular flexibility index (Phi) is 5.71. The number of benzene rings is 2. The fraction of sp³-hybridized carbons (Fsp3) is 0.217. The second-order valence-electron chi connectivity index (χ2n) is 7.75. The van der Waals surface area contributed by atoms with Crippen LogP contribution in [0.15, 0.2) is 57.2 Å². The van der Waals surface area contributed by atoms with E-state index in [1.807, 2.05) is 38.1 Å². The second kappa shape index (κ2) is 8.47. The van der Waals surface area contributed by atoms with E-state index < -0.39 is 11.2 Å². The molecule has 0 atom stereocenters. The summed E-state index contributed by atoms with van der Waals surface area (Å²) in [5.41, 5.74) is 6.83. The van der Waals surface area contributed by atoms with Crippen molar-refractivity contribution in [1.29, 1.82) is 0 Å². The predicted molar refractivity (Wildman–Crippen MR) is 128 cm³/mol. The molecule has 0 unspecified atom stereocenters. The van der Waals surface area contributed by atoms with Crippen LogP contribution < -0.4 is 16.7 Å². The maximum Gasteiger partial charge on any atom is 0.332 e. The molecular formula is C23H23ClN6O2. The number of fused-ring (bicyclic) bond motifs is 1. The van der Waals surface area contributed by atoms with Gasteiger partial charge in [0, 0.05) is 19.1 Å². The molecule has 0 bridgehead atoms. The number of hydrazone groups is 1. The second-order valence-corrected chi connectivity index (χ2v) is 8.19. The average molecular weight is 451 g/mol. The number of halogens is 1. The zero-order valence-corrected chi connectivity index (χ0v) is 19.0. The molecule has 9 heteroatoms. The third-order valence-electron chi connectivity index (χ3n) is 5.43. The van der Waals surface area contributed by atoms with Crippen LogP contribution in [-0.2, 0) is 20.6 Å². The summed E-state index contributed by atoms with van der Waals surface area (Å²) < 4.78 is 4.22. The summed E-state index contributed by atoms with van der Waals surface area (Å²) in [4.78, 5) is 30.0. The Bertz CT molecular complexity index is 1460. The van der Waals surface area contributed by atoms with E-state index >= 15 is 0 Å². The minimum Gasteiger partial charge on any atom is -0.298 e. The Balaban J connectivity index is 1.84. The summed E-state index contributed by atoms with van der Waals surface area (Å²) in [5, 5.41) is 4.93. The monoisotopic (exact) mass is 450 g/mol. The van der Waals surface area contributed by atoms with Crippen LogP contribution in [-0.4, -0.2) is 24.9 Å². The van der Waals surface area contributed by atoms with Crippen LogP contribution in [0.4, 0.5) is 5.95 Å². The van der Waals surface area contributed by atoms with Crippen LogP contribution in [0.1, 0.15) is 22.3 Å². The maximum absolute atomic E-state index is 13.0. The molecule has 0 saturated carbocycles. The number of hydrogen-bond acceptors (Lipinski definition) is 5. The molecule has 0 fully saturated rings. The number of imidazole rings is 1. The van der Waals surface area contributed by atoms with Gasteiger partial charge in [-0.2, -0.15) is 10.1 Å². The van der Waals surface area contributed by atoms with Gasteiger partial charge in [0.1, 0.15) is 0 Å². The molecule has 164 valence electrons. The Morgan fingerprint density at radius 3 is 2.50 bits per heavy atom. The van der Waals surface area contributed by atoms with Crippen molar-refractivity contribution in [3.05, 3.63) is 90.6 Å². The first-order valence-electron chi connectivity index (χ1n) is 10.0. The molecule has 4 aromatic rings. The maximum atomic E-state index is 13.0. The zero-order valence-electron chi connectivity index (χ0n) is 18.3. The third kappa shape index (κ3) is 3.97. The first-order chi connectivity index (χ1) is 15.3. The molecule has 0 amide bonds. The molecule has 4 rings (SSSR count). The lowest BCUT2D eigenvalue weighted by Crippen LogP contribution is -2.37. The van der Waals surface area contributed by atoms with Crippen LogP contribution in [0.3, 0.4) is 0 Å². The molecule has 2 aromatic carbocycles. The number of nitrogens with one attached hydrogen (secondary N) is 1. The molecule has 0 saturated heterocycles. The zero-order chi connectivity index (χ0) is 23.0. The molecular weight excluding hydrogens is 428 g/mol. The third-order valence-corrected chi connectivity index (χ3v) is 5.68. The van der Waals surface area contributed by atoms with Gasteiger partial charge in [0.05, 0.1) is 12.8 Å². The van der Waals surface area contributed by atoms with Gasteiger partial charge in [-0.05, 0) is 42.7 Å². The summed E-state index contributed by atoms with van der Waals surface area (Å²) in [6, 6.07) is 13.4. The van der Waals surface area contributed by atoms with Crippen LogP contribution in [0.2, 0.25) is 5.02 Å². The molecule has 0 radical (unpaired) electrons. The van der Waals surface area contributed by atoms with Gasteiger partial charge >= 0.3 is 5.69 Å². The smallest absolute Gasteiger partial charge is 0.298 e. The summed E-state index contributed by atoms with van der Waals surface area (Å²) in [6.07, 6.45) is 1.63. The van der Waals surface area contributed by atoms with E-state index in [9.17, 15) is 9.59 Å². The van der Waals surface area contributed by atoms with Gasteiger partial charge in [-0.25, -0.2) is 10.2 Å². The lowest BCUT2D eigenvalue weighted by atomic mass is 10.1. The molecule has 1 N–H and O–H groups in total. The van der Waals surface area contributed by atoms with E-state index in [0.29, 0.717) is 28.7 Å². The summed E-state index contributed by atoms with van der Waals surface area (Å²) in [6.45, 7) is 4.44. The van der Waals surface area contributed by atoms with Crippen LogP contribution in [0.25, 0.3) is 11.2 Å². The van der Waals surface area contributed by atoms with Crippen molar-refractivity contribution in [2.24, 2.45) is 19.2 Å². The molecule has 32 heavy (non-hydrogen) atoms.